The van der Waals surface area contributed by atoms with Crippen LogP contribution in [0.25, 0.3) is 0 Å². The largest absolute Gasteiger partial charge is 0.468 e. The Morgan fingerprint density at radius 2 is 1.94 bits per heavy atom. The highest BCUT2D eigenvalue weighted by Crippen LogP contribution is 2.07. The lowest BCUT2D eigenvalue weighted by Gasteiger charge is -2.24. The van der Waals surface area contributed by atoms with Crippen LogP contribution in [0.4, 0.5) is 0 Å². The van der Waals surface area contributed by atoms with Crippen LogP contribution in [0.5, 0.6) is 0 Å². The van der Waals surface area contributed by atoms with Crippen molar-refractivity contribution in [2.24, 2.45) is 0 Å². The molecule has 0 unspecified atom stereocenters. The molecule has 0 aromatic heterocycles. The lowest BCUT2D eigenvalue weighted by atomic mass is 10.4. The first kappa shape index (κ1) is 16.3. The third-order valence-corrected chi connectivity index (χ3v) is 4.08. The van der Waals surface area contributed by atoms with E-state index < -0.39 is 16.0 Å². The number of carbonyl (C=O) groups is 1. The molecule has 0 aromatic rings. The van der Waals surface area contributed by atoms with Gasteiger partial charge in [-0.1, -0.05) is 0 Å². The summed E-state index contributed by atoms with van der Waals surface area (Å²) in [5.74, 6) is -0.700. The number of ether oxygens (including phenoxy) is 2. The first-order valence-corrected chi connectivity index (χ1v) is 7.10. The first-order valence-electron chi connectivity index (χ1n) is 5.49. The van der Waals surface area contributed by atoms with Crippen molar-refractivity contribution in [1.29, 1.82) is 0 Å². The number of sulfonamides is 1. The molecule has 102 valence electrons. The van der Waals surface area contributed by atoms with Crippen LogP contribution in [0.2, 0.25) is 0 Å². The van der Waals surface area contributed by atoms with E-state index in [2.05, 4.69) is 4.74 Å². The Balaban J connectivity index is 4.62. The van der Waals surface area contributed by atoms with Crippen molar-refractivity contribution >= 4 is 16.0 Å². The minimum Gasteiger partial charge on any atom is -0.468 e. The van der Waals surface area contributed by atoms with Gasteiger partial charge in [0.05, 0.1) is 19.5 Å². The highest BCUT2D eigenvalue weighted by Gasteiger charge is 2.27. The van der Waals surface area contributed by atoms with E-state index in [-0.39, 0.29) is 24.9 Å². The highest BCUT2D eigenvalue weighted by molar-refractivity contribution is 7.89. The quantitative estimate of drug-likeness (QED) is 0.465. The maximum Gasteiger partial charge on any atom is 0.321 e. The molecule has 0 saturated carbocycles. The Kier molecular flexibility index (Phi) is 7.33. The molecule has 0 aliphatic carbocycles. The van der Waals surface area contributed by atoms with Crippen LogP contribution in [-0.2, 0) is 24.3 Å². The van der Waals surface area contributed by atoms with Gasteiger partial charge in [0.2, 0.25) is 10.0 Å². The summed E-state index contributed by atoms with van der Waals surface area (Å²) in [5.41, 5.74) is 0. The third kappa shape index (κ3) is 5.99. The Bertz CT molecular complexity index is 326. The van der Waals surface area contributed by atoms with E-state index in [4.69, 9.17) is 4.74 Å². The summed E-state index contributed by atoms with van der Waals surface area (Å²) in [7, 11) is -2.26. The Hall–Kier alpha value is -0.660. The number of hydrogen-bond acceptors (Lipinski definition) is 5. The number of hydrogen-bond donors (Lipinski definition) is 0. The second-order valence-corrected chi connectivity index (χ2v) is 5.77. The molecule has 0 spiro atoms. The minimum atomic E-state index is -3.49. The fourth-order valence-electron chi connectivity index (χ4n) is 1.22. The fourth-order valence-corrected chi connectivity index (χ4v) is 2.73. The summed E-state index contributed by atoms with van der Waals surface area (Å²) in [5, 5.41) is 0. The molecule has 0 heterocycles. The van der Waals surface area contributed by atoms with Gasteiger partial charge in [0.15, 0.2) is 0 Å². The second kappa shape index (κ2) is 7.62. The van der Waals surface area contributed by atoms with Gasteiger partial charge in [-0.15, -0.1) is 0 Å². The molecule has 0 atom stereocenters. The first-order chi connectivity index (χ1) is 7.85. The van der Waals surface area contributed by atoms with Gasteiger partial charge in [-0.05, 0) is 20.8 Å². The summed E-state index contributed by atoms with van der Waals surface area (Å²) < 4.78 is 34.5. The molecule has 0 saturated heterocycles. The van der Waals surface area contributed by atoms with Crippen LogP contribution >= 0.6 is 0 Å². The lowest BCUT2D eigenvalue weighted by molar-refractivity contribution is -0.141. The summed E-state index contributed by atoms with van der Waals surface area (Å²) in [6, 6.07) is -0.291. The van der Waals surface area contributed by atoms with Gasteiger partial charge < -0.3 is 9.47 Å². The van der Waals surface area contributed by atoms with Gasteiger partial charge in [0, 0.05) is 12.6 Å². The maximum atomic E-state index is 11.9. The van der Waals surface area contributed by atoms with Crippen molar-refractivity contribution in [1.82, 2.24) is 4.31 Å². The van der Waals surface area contributed by atoms with E-state index in [1.165, 1.54) is 7.11 Å². The smallest absolute Gasteiger partial charge is 0.321 e. The Morgan fingerprint density at radius 3 is 2.35 bits per heavy atom. The SMILES string of the molecule is CCOCCS(=O)(=O)N(CC(=O)OC)C(C)C. The average molecular weight is 267 g/mol. The van der Waals surface area contributed by atoms with E-state index in [0.717, 1.165) is 4.31 Å². The van der Waals surface area contributed by atoms with Crippen LogP contribution in [0.3, 0.4) is 0 Å². The molecular weight excluding hydrogens is 246 g/mol. The normalized spacial score (nSPS) is 12.1. The van der Waals surface area contributed by atoms with Crippen LogP contribution in [0.1, 0.15) is 20.8 Å². The number of esters is 1. The zero-order chi connectivity index (χ0) is 13.5. The van der Waals surface area contributed by atoms with Gasteiger partial charge in [0.1, 0.15) is 6.54 Å². The number of carbonyl (C=O) groups excluding carboxylic acids is 1. The molecule has 17 heavy (non-hydrogen) atoms. The van der Waals surface area contributed by atoms with Crippen molar-refractivity contribution in [3.05, 3.63) is 0 Å². The summed E-state index contributed by atoms with van der Waals surface area (Å²) >= 11 is 0. The summed E-state index contributed by atoms with van der Waals surface area (Å²) in [6.45, 7) is 5.55. The zero-order valence-electron chi connectivity index (χ0n) is 10.8. The van der Waals surface area contributed by atoms with E-state index in [0.29, 0.717) is 6.61 Å². The van der Waals surface area contributed by atoms with Crippen molar-refractivity contribution in [2.45, 2.75) is 26.8 Å². The van der Waals surface area contributed by atoms with Gasteiger partial charge >= 0.3 is 5.97 Å². The van der Waals surface area contributed by atoms with Crippen LogP contribution in [0.15, 0.2) is 0 Å². The van der Waals surface area contributed by atoms with Crippen molar-refractivity contribution in [2.75, 3.05) is 32.6 Å². The van der Waals surface area contributed by atoms with Crippen LogP contribution < -0.4 is 0 Å². The molecule has 0 N–H and O–H groups in total. The molecule has 0 fully saturated rings. The fraction of sp³-hybridized carbons (Fsp3) is 0.900. The monoisotopic (exact) mass is 267 g/mol. The van der Waals surface area contributed by atoms with Crippen LogP contribution in [-0.4, -0.2) is 57.4 Å². The molecule has 6 nitrogen and oxygen atoms in total. The topological polar surface area (TPSA) is 72.9 Å². The van der Waals surface area contributed by atoms with E-state index in [9.17, 15) is 13.2 Å². The number of nitrogens with zero attached hydrogens (tertiary/aromatic N) is 1. The van der Waals surface area contributed by atoms with Gasteiger partial charge in [-0.2, -0.15) is 4.31 Å². The lowest BCUT2D eigenvalue weighted by Crippen LogP contribution is -2.42. The van der Waals surface area contributed by atoms with Gasteiger partial charge in [-0.25, -0.2) is 8.42 Å². The number of rotatable bonds is 8. The number of methoxy groups -OCH3 is 1. The van der Waals surface area contributed by atoms with Gasteiger partial charge in [0.25, 0.3) is 0 Å². The Morgan fingerprint density at radius 1 is 1.35 bits per heavy atom. The molecular formula is C10H21NO5S. The zero-order valence-corrected chi connectivity index (χ0v) is 11.6. The summed E-state index contributed by atoms with van der Waals surface area (Å²) in [6.07, 6.45) is 0. The predicted octanol–water partition coefficient (Wildman–Crippen LogP) is 0.236. The van der Waals surface area contributed by atoms with Crippen molar-refractivity contribution in [3.8, 4) is 0 Å². The standard InChI is InChI=1S/C10H21NO5S/c1-5-16-6-7-17(13,14)11(9(2)3)8-10(12)15-4/h9H,5-8H2,1-4H3. The van der Waals surface area contributed by atoms with E-state index in [1.54, 1.807) is 20.8 Å². The summed E-state index contributed by atoms with van der Waals surface area (Å²) in [4.78, 5) is 11.1. The van der Waals surface area contributed by atoms with E-state index >= 15 is 0 Å². The third-order valence-electron chi connectivity index (χ3n) is 2.14. The van der Waals surface area contributed by atoms with Gasteiger partial charge in [-0.3, -0.25) is 4.79 Å². The van der Waals surface area contributed by atoms with Crippen LogP contribution in [0, 0.1) is 0 Å². The minimum absolute atomic E-state index is 0.128. The maximum absolute atomic E-state index is 11.9. The van der Waals surface area contributed by atoms with Crippen molar-refractivity contribution in [3.63, 3.8) is 0 Å². The molecule has 0 aliphatic rings. The predicted molar refractivity (Wildman–Crippen MR) is 64.1 cm³/mol. The molecule has 0 aliphatic heterocycles. The second-order valence-electron chi connectivity index (χ2n) is 3.73. The molecule has 0 bridgehead atoms. The highest BCUT2D eigenvalue weighted by atomic mass is 32.2. The Labute approximate surface area is 103 Å². The average Bonchev–Trinajstić information content (AvgIpc) is 2.24. The van der Waals surface area contributed by atoms with Crippen molar-refractivity contribution < 1.29 is 22.7 Å². The molecule has 0 amide bonds. The van der Waals surface area contributed by atoms with E-state index in [1.807, 2.05) is 0 Å². The molecule has 0 radical (unpaired) electrons. The molecule has 7 heteroatoms. The molecule has 0 rings (SSSR count). The molecule has 0 aromatic carbocycles.